The molecule has 0 saturated heterocycles. The molecule has 102 valence electrons. The first-order chi connectivity index (χ1) is 10.9. The van der Waals surface area contributed by atoms with E-state index in [1.54, 1.807) is 0 Å². The first-order valence-corrected chi connectivity index (χ1v) is 7.56. The molecule has 0 atom stereocenters. The van der Waals surface area contributed by atoms with E-state index in [-0.39, 0.29) is 0 Å². The van der Waals surface area contributed by atoms with E-state index >= 15 is 0 Å². The summed E-state index contributed by atoms with van der Waals surface area (Å²) in [6.07, 6.45) is 2.20. The number of benzene rings is 3. The molecule has 22 heavy (non-hydrogen) atoms. The van der Waals surface area contributed by atoms with Crippen molar-refractivity contribution in [3.63, 3.8) is 0 Å². The van der Waals surface area contributed by atoms with E-state index in [1.807, 2.05) is 0 Å². The van der Waals surface area contributed by atoms with Crippen molar-refractivity contribution >= 4 is 49.0 Å². The highest BCUT2D eigenvalue weighted by Crippen LogP contribution is 2.39. The van der Waals surface area contributed by atoms with Crippen LogP contribution in [0.3, 0.4) is 0 Å². The van der Waals surface area contributed by atoms with Crippen molar-refractivity contribution in [3.05, 3.63) is 66.9 Å². The molecule has 3 aromatic heterocycles. The first kappa shape index (κ1) is 10.7. The fourth-order valence-electron chi connectivity index (χ4n) is 4.00. The summed E-state index contributed by atoms with van der Waals surface area (Å²) in [6.45, 7) is 0. The minimum atomic E-state index is 1.21. The van der Waals surface area contributed by atoms with Gasteiger partial charge in [-0.15, -0.1) is 0 Å². The van der Waals surface area contributed by atoms with Crippen LogP contribution in [0.15, 0.2) is 66.9 Å². The van der Waals surface area contributed by atoms with Crippen molar-refractivity contribution in [2.24, 2.45) is 0 Å². The second kappa shape index (κ2) is 3.42. The molecule has 0 aliphatic carbocycles. The van der Waals surface area contributed by atoms with Gasteiger partial charge in [0.1, 0.15) is 0 Å². The molecule has 0 radical (unpaired) electrons. The lowest BCUT2D eigenvalue weighted by atomic mass is 10.1. The topological polar surface area (TPSA) is 20.2 Å². The number of nitrogens with zero attached hydrogens (tertiary/aromatic N) is 1. The van der Waals surface area contributed by atoms with E-state index in [9.17, 15) is 0 Å². The van der Waals surface area contributed by atoms with Crippen LogP contribution in [-0.2, 0) is 0 Å². The minimum Gasteiger partial charge on any atom is -0.354 e. The lowest BCUT2D eigenvalue weighted by molar-refractivity contribution is 1.30. The molecular formula is C20H12N2. The maximum absolute atomic E-state index is 3.58. The normalized spacial score (nSPS) is 12.5. The second-order valence-electron chi connectivity index (χ2n) is 5.98. The highest BCUT2D eigenvalue weighted by Gasteiger charge is 2.16. The Balaban J connectivity index is 2.03. The van der Waals surface area contributed by atoms with E-state index in [1.165, 1.54) is 49.0 Å². The van der Waals surface area contributed by atoms with Gasteiger partial charge in [-0.05, 0) is 24.3 Å². The molecule has 0 aliphatic rings. The molecule has 0 saturated carbocycles. The fraction of sp³-hybridized carbons (Fsp3) is 0. The van der Waals surface area contributed by atoms with Crippen LogP contribution in [0.5, 0.6) is 0 Å². The van der Waals surface area contributed by atoms with Crippen LogP contribution in [0, 0.1) is 0 Å². The lowest BCUT2D eigenvalue weighted by Crippen LogP contribution is -1.75. The zero-order chi connectivity index (χ0) is 14.3. The highest BCUT2D eigenvalue weighted by atomic mass is 14.9. The van der Waals surface area contributed by atoms with E-state index in [0.29, 0.717) is 0 Å². The standard InChI is InChI=1S/C20H12N2/c1-3-7-16-13(6-1)19-14-9-10-22-18-8-4-2-5-12(18)15(20(14)22)11-17(19)21-16/h1-11,21H. The molecule has 3 aromatic carbocycles. The lowest BCUT2D eigenvalue weighted by Gasteiger charge is -1.97. The second-order valence-corrected chi connectivity index (χ2v) is 5.98. The molecule has 6 rings (SSSR count). The largest absolute Gasteiger partial charge is 0.354 e. The van der Waals surface area contributed by atoms with Gasteiger partial charge in [0.25, 0.3) is 0 Å². The molecule has 6 aromatic rings. The first-order valence-electron chi connectivity index (χ1n) is 7.56. The third-order valence-electron chi connectivity index (χ3n) is 4.89. The molecule has 1 N–H and O–H groups in total. The minimum absolute atomic E-state index is 1.21. The Morgan fingerprint density at radius 2 is 1.50 bits per heavy atom. The van der Waals surface area contributed by atoms with Crippen LogP contribution >= 0.6 is 0 Å². The summed E-state index contributed by atoms with van der Waals surface area (Å²) in [5, 5.41) is 6.62. The summed E-state index contributed by atoms with van der Waals surface area (Å²) in [6, 6.07) is 21.7. The van der Waals surface area contributed by atoms with Gasteiger partial charge in [0.05, 0.1) is 11.0 Å². The summed E-state index contributed by atoms with van der Waals surface area (Å²) in [7, 11) is 0. The van der Waals surface area contributed by atoms with Gasteiger partial charge in [0, 0.05) is 44.2 Å². The Kier molecular flexibility index (Phi) is 1.66. The van der Waals surface area contributed by atoms with Crippen molar-refractivity contribution < 1.29 is 0 Å². The molecular weight excluding hydrogens is 268 g/mol. The van der Waals surface area contributed by atoms with Crippen molar-refractivity contribution in [1.29, 1.82) is 0 Å². The smallest absolute Gasteiger partial charge is 0.0615 e. The monoisotopic (exact) mass is 280 g/mol. The summed E-state index contributed by atoms with van der Waals surface area (Å²) >= 11 is 0. The molecule has 2 nitrogen and oxygen atoms in total. The highest BCUT2D eigenvalue weighted by molar-refractivity contribution is 6.28. The molecule has 2 heteroatoms. The molecule has 0 spiro atoms. The number of fused-ring (bicyclic) bond motifs is 7. The van der Waals surface area contributed by atoms with Crippen molar-refractivity contribution in [2.45, 2.75) is 0 Å². The maximum Gasteiger partial charge on any atom is 0.0615 e. The molecule has 0 bridgehead atoms. The van der Waals surface area contributed by atoms with Crippen LogP contribution in [-0.4, -0.2) is 9.38 Å². The molecule has 0 aliphatic heterocycles. The number of hydrogen-bond donors (Lipinski definition) is 1. The SMILES string of the molecule is c1ccc2c(c1)[nH]c1cc3c4ccccc4n4ccc(c12)c34. The number of aromatic amines is 1. The van der Waals surface area contributed by atoms with Gasteiger partial charge >= 0.3 is 0 Å². The Bertz CT molecular complexity index is 1310. The summed E-state index contributed by atoms with van der Waals surface area (Å²) in [5.74, 6) is 0. The van der Waals surface area contributed by atoms with Crippen LogP contribution in [0.4, 0.5) is 0 Å². The predicted molar refractivity (Wildman–Crippen MR) is 93.0 cm³/mol. The number of hydrogen-bond acceptors (Lipinski definition) is 0. The molecule has 3 heterocycles. The van der Waals surface area contributed by atoms with Crippen molar-refractivity contribution in [3.8, 4) is 0 Å². The van der Waals surface area contributed by atoms with Gasteiger partial charge < -0.3 is 9.38 Å². The third kappa shape index (κ3) is 1.06. The van der Waals surface area contributed by atoms with Gasteiger partial charge in [0.15, 0.2) is 0 Å². The van der Waals surface area contributed by atoms with Gasteiger partial charge in [-0.1, -0.05) is 36.4 Å². The van der Waals surface area contributed by atoms with Crippen LogP contribution in [0.2, 0.25) is 0 Å². The Morgan fingerprint density at radius 1 is 0.682 bits per heavy atom. The quantitative estimate of drug-likeness (QED) is 0.389. The number of para-hydroxylation sites is 2. The molecule has 0 fully saturated rings. The number of H-pyrrole nitrogens is 1. The van der Waals surface area contributed by atoms with Gasteiger partial charge in [-0.2, -0.15) is 0 Å². The van der Waals surface area contributed by atoms with Gasteiger partial charge in [-0.25, -0.2) is 0 Å². The summed E-state index contributed by atoms with van der Waals surface area (Å²) in [5.41, 5.74) is 5.04. The maximum atomic E-state index is 3.58. The van der Waals surface area contributed by atoms with Crippen molar-refractivity contribution in [1.82, 2.24) is 9.38 Å². The van der Waals surface area contributed by atoms with E-state index in [4.69, 9.17) is 0 Å². The molecule has 0 amide bonds. The zero-order valence-electron chi connectivity index (χ0n) is 11.8. The average molecular weight is 280 g/mol. The zero-order valence-corrected chi connectivity index (χ0v) is 11.8. The third-order valence-corrected chi connectivity index (χ3v) is 4.89. The van der Waals surface area contributed by atoms with Crippen molar-refractivity contribution in [2.75, 3.05) is 0 Å². The van der Waals surface area contributed by atoms with Gasteiger partial charge in [0.2, 0.25) is 0 Å². The Labute approximate surface area is 125 Å². The Morgan fingerprint density at radius 3 is 2.45 bits per heavy atom. The van der Waals surface area contributed by atoms with E-state index in [2.05, 4.69) is 76.2 Å². The van der Waals surface area contributed by atoms with E-state index < -0.39 is 0 Å². The Hall–Kier alpha value is -3.00. The number of nitrogens with one attached hydrogen (secondary N) is 1. The van der Waals surface area contributed by atoms with Crippen LogP contribution < -0.4 is 0 Å². The summed E-state index contributed by atoms with van der Waals surface area (Å²) < 4.78 is 2.32. The van der Waals surface area contributed by atoms with Crippen LogP contribution in [0.1, 0.15) is 0 Å². The predicted octanol–water partition coefficient (Wildman–Crippen LogP) is 5.32. The molecule has 0 unspecified atom stereocenters. The summed E-state index contributed by atoms with van der Waals surface area (Å²) in [4.78, 5) is 3.58. The fourth-order valence-corrected chi connectivity index (χ4v) is 4.00. The average Bonchev–Trinajstić information content (AvgIpc) is 3.22. The van der Waals surface area contributed by atoms with E-state index in [0.717, 1.165) is 0 Å². The number of aromatic nitrogens is 2. The number of rotatable bonds is 0. The van der Waals surface area contributed by atoms with Crippen LogP contribution in [0.25, 0.3) is 49.0 Å². The van der Waals surface area contributed by atoms with Gasteiger partial charge in [-0.3, -0.25) is 0 Å².